The average Bonchev–Trinajstić information content (AvgIpc) is 3.12. The molecule has 1 saturated heterocycles. The molecule has 2 aromatic rings. The van der Waals surface area contributed by atoms with Gasteiger partial charge in [-0.1, -0.05) is 12.1 Å². The van der Waals surface area contributed by atoms with Gasteiger partial charge in [0.2, 0.25) is 5.91 Å². The number of nitrogens with one attached hydrogen (secondary N) is 1. The minimum atomic E-state index is -0.599. The van der Waals surface area contributed by atoms with Crippen LogP contribution in [0.3, 0.4) is 0 Å². The van der Waals surface area contributed by atoms with Crippen LogP contribution in [0.25, 0.3) is 0 Å². The molecule has 7 nitrogen and oxygen atoms in total. The lowest BCUT2D eigenvalue weighted by molar-refractivity contribution is -0.151. The summed E-state index contributed by atoms with van der Waals surface area (Å²) in [4.78, 5) is 38.4. The molecule has 0 aliphatic carbocycles. The van der Waals surface area contributed by atoms with Gasteiger partial charge in [0.05, 0.1) is 12.5 Å². The first-order chi connectivity index (χ1) is 14.4. The smallest absolute Gasteiger partial charge is 0.311 e. The van der Waals surface area contributed by atoms with Crippen molar-refractivity contribution >= 4 is 29.2 Å². The van der Waals surface area contributed by atoms with E-state index in [0.717, 1.165) is 16.9 Å². The van der Waals surface area contributed by atoms with Crippen LogP contribution in [0, 0.1) is 19.8 Å². The van der Waals surface area contributed by atoms with Crippen molar-refractivity contribution in [3.05, 3.63) is 53.6 Å². The largest absolute Gasteiger partial charge is 0.494 e. The molecule has 1 aliphatic heterocycles. The molecule has 0 radical (unpaired) electrons. The molecule has 2 amide bonds. The first-order valence-electron chi connectivity index (χ1n) is 9.95. The Kier molecular flexibility index (Phi) is 6.72. The Morgan fingerprint density at radius 1 is 1.13 bits per heavy atom. The summed E-state index contributed by atoms with van der Waals surface area (Å²) in [5.74, 6) is -0.991. The summed E-state index contributed by atoms with van der Waals surface area (Å²) in [6, 6.07) is 12.8. The van der Waals surface area contributed by atoms with Crippen LogP contribution >= 0.6 is 0 Å². The number of esters is 1. The van der Waals surface area contributed by atoms with Gasteiger partial charge in [-0.25, -0.2) is 0 Å². The van der Waals surface area contributed by atoms with Crippen LogP contribution in [0.2, 0.25) is 0 Å². The fourth-order valence-corrected chi connectivity index (χ4v) is 3.33. The van der Waals surface area contributed by atoms with Gasteiger partial charge in [-0.15, -0.1) is 0 Å². The summed E-state index contributed by atoms with van der Waals surface area (Å²) < 4.78 is 10.6. The SMILES string of the molecule is CCOc1ccc(N2C[C@@H](C(=O)OCC(=O)Nc3cccc(C)c3C)CC2=O)cc1. The van der Waals surface area contributed by atoms with Gasteiger partial charge in [0.25, 0.3) is 5.91 Å². The second-order valence-corrected chi connectivity index (χ2v) is 7.24. The van der Waals surface area contributed by atoms with Gasteiger partial charge >= 0.3 is 5.97 Å². The third kappa shape index (κ3) is 4.97. The normalized spacial score (nSPS) is 15.8. The Morgan fingerprint density at radius 2 is 1.87 bits per heavy atom. The van der Waals surface area contributed by atoms with E-state index >= 15 is 0 Å². The highest BCUT2D eigenvalue weighted by Crippen LogP contribution is 2.27. The second kappa shape index (κ2) is 9.43. The highest BCUT2D eigenvalue weighted by molar-refractivity contribution is 6.00. The number of hydrogen-bond donors (Lipinski definition) is 1. The molecular weight excluding hydrogens is 384 g/mol. The van der Waals surface area contributed by atoms with E-state index < -0.39 is 17.8 Å². The molecule has 1 aliphatic rings. The molecule has 1 fully saturated rings. The first-order valence-corrected chi connectivity index (χ1v) is 9.95. The standard InChI is InChI=1S/C23H26N2O5/c1-4-29-19-10-8-18(9-11-19)25-13-17(12-22(25)27)23(28)30-14-21(26)24-20-7-5-6-15(2)16(20)3/h5-11,17H,4,12-14H2,1-3H3,(H,24,26)/t17-/m0/s1. The molecular formula is C23H26N2O5. The van der Waals surface area contributed by atoms with Crippen molar-refractivity contribution in [3.8, 4) is 5.75 Å². The zero-order valence-electron chi connectivity index (χ0n) is 17.4. The molecule has 7 heteroatoms. The van der Waals surface area contributed by atoms with Gasteiger partial charge in [0, 0.05) is 24.3 Å². The van der Waals surface area contributed by atoms with Crippen LogP contribution in [-0.4, -0.2) is 37.5 Å². The molecule has 158 valence electrons. The maximum Gasteiger partial charge on any atom is 0.311 e. The third-order valence-electron chi connectivity index (χ3n) is 5.14. The number of carbonyl (C=O) groups is 3. The van der Waals surface area contributed by atoms with Crippen molar-refractivity contribution < 1.29 is 23.9 Å². The monoisotopic (exact) mass is 410 g/mol. The van der Waals surface area contributed by atoms with E-state index in [4.69, 9.17) is 9.47 Å². The van der Waals surface area contributed by atoms with Gasteiger partial charge in [-0.3, -0.25) is 14.4 Å². The van der Waals surface area contributed by atoms with E-state index in [1.54, 1.807) is 35.2 Å². The summed E-state index contributed by atoms with van der Waals surface area (Å²) in [6.07, 6.45) is 0.0602. The Hall–Kier alpha value is -3.35. The van der Waals surface area contributed by atoms with Crippen LogP contribution in [0.1, 0.15) is 24.5 Å². The predicted octanol–water partition coefficient (Wildman–Crippen LogP) is 3.24. The van der Waals surface area contributed by atoms with Crippen molar-refractivity contribution in [1.82, 2.24) is 0 Å². The molecule has 30 heavy (non-hydrogen) atoms. The van der Waals surface area contributed by atoms with Gasteiger partial charge in [-0.05, 0) is 62.2 Å². The number of ether oxygens (including phenoxy) is 2. The van der Waals surface area contributed by atoms with Crippen LogP contribution < -0.4 is 15.0 Å². The van der Waals surface area contributed by atoms with E-state index in [9.17, 15) is 14.4 Å². The van der Waals surface area contributed by atoms with Crippen LogP contribution in [0.15, 0.2) is 42.5 Å². The Morgan fingerprint density at radius 3 is 2.57 bits per heavy atom. The van der Waals surface area contributed by atoms with Gasteiger partial charge < -0.3 is 19.7 Å². The molecule has 0 bridgehead atoms. The maximum absolute atomic E-state index is 12.4. The number of carbonyl (C=O) groups excluding carboxylic acids is 3. The van der Waals surface area contributed by atoms with E-state index in [1.807, 2.05) is 32.9 Å². The molecule has 1 atom stereocenters. The Balaban J connectivity index is 1.53. The fourth-order valence-electron chi connectivity index (χ4n) is 3.33. The van der Waals surface area contributed by atoms with Crippen molar-refractivity contribution in [2.75, 3.05) is 30.0 Å². The molecule has 0 unspecified atom stereocenters. The fraction of sp³-hybridized carbons (Fsp3) is 0.348. The lowest BCUT2D eigenvalue weighted by Crippen LogP contribution is -2.28. The van der Waals surface area contributed by atoms with Crippen molar-refractivity contribution in [1.29, 1.82) is 0 Å². The minimum absolute atomic E-state index is 0.0602. The van der Waals surface area contributed by atoms with Crippen LogP contribution in [-0.2, 0) is 19.1 Å². The van der Waals surface area contributed by atoms with Crippen LogP contribution in [0.4, 0.5) is 11.4 Å². The highest BCUT2D eigenvalue weighted by atomic mass is 16.5. The van der Waals surface area contributed by atoms with E-state index in [-0.39, 0.29) is 25.5 Å². The predicted molar refractivity (Wildman–Crippen MR) is 114 cm³/mol. The molecule has 1 N–H and O–H groups in total. The van der Waals surface area contributed by atoms with Gasteiger partial charge in [0.15, 0.2) is 6.61 Å². The van der Waals surface area contributed by atoms with Crippen molar-refractivity contribution in [2.45, 2.75) is 27.2 Å². The number of amides is 2. The minimum Gasteiger partial charge on any atom is -0.494 e. The van der Waals surface area contributed by atoms with E-state index in [0.29, 0.717) is 18.0 Å². The summed E-state index contributed by atoms with van der Waals surface area (Å²) in [7, 11) is 0. The zero-order valence-corrected chi connectivity index (χ0v) is 17.4. The second-order valence-electron chi connectivity index (χ2n) is 7.24. The average molecular weight is 410 g/mol. The Bertz CT molecular complexity index is 939. The number of benzene rings is 2. The molecule has 2 aromatic carbocycles. The lowest BCUT2D eigenvalue weighted by Gasteiger charge is -2.17. The van der Waals surface area contributed by atoms with E-state index in [1.165, 1.54) is 0 Å². The quantitative estimate of drug-likeness (QED) is 0.709. The van der Waals surface area contributed by atoms with Gasteiger partial charge in [-0.2, -0.15) is 0 Å². The van der Waals surface area contributed by atoms with Crippen LogP contribution in [0.5, 0.6) is 5.75 Å². The number of aryl methyl sites for hydroxylation is 1. The summed E-state index contributed by atoms with van der Waals surface area (Å²) >= 11 is 0. The molecule has 0 spiro atoms. The summed E-state index contributed by atoms with van der Waals surface area (Å²) in [5.41, 5.74) is 3.41. The molecule has 0 aromatic heterocycles. The third-order valence-corrected chi connectivity index (χ3v) is 5.14. The maximum atomic E-state index is 12.4. The Labute approximate surface area is 176 Å². The van der Waals surface area contributed by atoms with Gasteiger partial charge in [0.1, 0.15) is 5.75 Å². The lowest BCUT2D eigenvalue weighted by atomic mass is 10.1. The number of rotatable bonds is 7. The number of nitrogens with zero attached hydrogens (tertiary/aromatic N) is 1. The first kappa shape index (κ1) is 21.4. The van der Waals surface area contributed by atoms with E-state index in [2.05, 4.69) is 5.32 Å². The summed E-state index contributed by atoms with van der Waals surface area (Å²) in [6.45, 7) is 6.17. The molecule has 3 rings (SSSR count). The van der Waals surface area contributed by atoms with Crippen molar-refractivity contribution in [3.63, 3.8) is 0 Å². The summed E-state index contributed by atoms with van der Waals surface area (Å²) in [5, 5.41) is 2.75. The highest BCUT2D eigenvalue weighted by Gasteiger charge is 2.36. The zero-order chi connectivity index (χ0) is 21.7. The molecule has 0 saturated carbocycles. The topological polar surface area (TPSA) is 84.9 Å². The number of anilines is 2. The number of hydrogen-bond acceptors (Lipinski definition) is 5. The molecule has 1 heterocycles. The van der Waals surface area contributed by atoms with Crippen molar-refractivity contribution in [2.24, 2.45) is 5.92 Å².